The molecule has 5 nitrogen and oxygen atoms in total. The Morgan fingerprint density at radius 1 is 1.17 bits per heavy atom. The number of nitrogens with two attached hydrogens (primary N) is 1. The van der Waals surface area contributed by atoms with E-state index in [0.717, 1.165) is 5.56 Å². The van der Waals surface area contributed by atoms with Gasteiger partial charge in [-0.05, 0) is 48.4 Å². The molecule has 3 N–H and O–H groups in total. The number of hydrogen-bond donors (Lipinski definition) is 2. The van der Waals surface area contributed by atoms with Crippen molar-refractivity contribution in [2.45, 2.75) is 19.4 Å². The second kappa shape index (κ2) is 7.97. The zero-order chi connectivity index (χ0) is 16.8. The van der Waals surface area contributed by atoms with Crippen LogP contribution in [0.15, 0.2) is 48.5 Å². The summed E-state index contributed by atoms with van der Waals surface area (Å²) in [5, 5.41) is 10.7. The van der Waals surface area contributed by atoms with Crippen molar-refractivity contribution in [3.8, 4) is 11.5 Å². The van der Waals surface area contributed by atoms with Gasteiger partial charge in [-0.3, -0.25) is 10.0 Å². The van der Waals surface area contributed by atoms with Gasteiger partial charge in [-0.15, -0.1) is 0 Å². The van der Waals surface area contributed by atoms with Gasteiger partial charge in [-0.25, -0.2) is 5.06 Å². The van der Waals surface area contributed by atoms with Gasteiger partial charge < -0.3 is 10.5 Å². The highest BCUT2D eigenvalue weighted by Crippen LogP contribution is 2.23. The Kier molecular flexibility index (Phi) is 5.98. The molecule has 0 bridgehead atoms. The van der Waals surface area contributed by atoms with Crippen LogP contribution in [0.25, 0.3) is 0 Å². The van der Waals surface area contributed by atoms with Crippen LogP contribution in [0.1, 0.15) is 12.5 Å². The third kappa shape index (κ3) is 5.56. The number of ether oxygens (including phenoxy) is 1. The predicted molar refractivity (Wildman–Crippen MR) is 88.8 cm³/mol. The molecular formula is C17H19ClN2O3. The first kappa shape index (κ1) is 17.3. The molecule has 0 aliphatic heterocycles. The molecule has 2 aromatic rings. The van der Waals surface area contributed by atoms with Crippen LogP contribution in [0.4, 0.5) is 0 Å². The minimum atomic E-state index is -0.424. The molecule has 0 radical (unpaired) electrons. The summed E-state index contributed by atoms with van der Waals surface area (Å²) < 4.78 is 5.71. The first-order valence-corrected chi connectivity index (χ1v) is 7.57. The van der Waals surface area contributed by atoms with Gasteiger partial charge in [-0.2, -0.15) is 0 Å². The van der Waals surface area contributed by atoms with Crippen molar-refractivity contribution in [2.24, 2.45) is 5.73 Å². The summed E-state index contributed by atoms with van der Waals surface area (Å²) in [4.78, 5) is 11.0. The van der Waals surface area contributed by atoms with Gasteiger partial charge in [0.25, 0.3) is 0 Å². The van der Waals surface area contributed by atoms with E-state index in [-0.39, 0.29) is 12.6 Å². The van der Waals surface area contributed by atoms with Crippen molar-refractivity contribution in [3.05, 3.63) is 59.1 Å². The minimum Gasteiger partial charge on any atom is -0.457 e. The normalized spacial score (nSPS) is 11.8. The summed E-state index contributed by atoms with van der Waals surface area (Å²) in [7, 11) is 0. The van der Waals surface area contributed by atoms with Crippen molar-refractivity contribution in [2.75, 3.05) is 6.54 Å². The summed E-state index contributed by atoms with van der Waals surface area (Å²) in [6, 6.07) is 14.3. The van der Waals surface area contributed by atoms with Gasteiger partial charge in [0, 0.05) is 18.0 Å². The molecule has 0 heterocycles. The standard InChI is InChI=1S/C17H19ClN2O3/c1-12(21)20(22)11-15(19)10-13-2-6-16(7-3-13)23-17-8-4-14(18)5-9-17/h2-9,15,22H,10-11,19H2,1H3/t15-/m0/s1. The van der Waals surface area contributed by atoms with Gasteiger partial charge in [0.2, 0.25) is 5.91 Å². The Hall–Kier alpha value is -2.08. The summed E-state index contributed by atoms with van der Waals surface area (Å²) >= 11 is 5.83. The number of benzene rings is 2. The van der Waals surface area contributed by atoms with E-state index in [1.165, 1.54) is 6.92 Å². The summed E-state index contributed by atoms with van der Waals surface area (Å²) in [6.45, 7) is 1.38. The van der Waals surface area contributed by atoms with E-state index in [4.69, 9.17) is 22.1 Å². The van der Waals surface area contributed by atoms with Crippen LogP contribution in [-0.2, 0) is 11.2 Å². The monoisotopic (exact) mass is 334 g/mol. The first-order valence-electron chi connectivity index (χ1n) is 7.19. The van der Waals surface area contributed by atoms with Crippen LogP contribution >= 0.6 is 11.6 Å². The van der Waals surface area contributed by atoms with Gasteiger partial charge in [0.15, 0.2) is 0 Å². The lowest BCUT2D eigenvalue weighted by Gasteiger charge is -2.18. The molecule has 1 amide bonds. The Balaban J connectivity index is 1.91. The summed E-state index contributed by atoms with van der Waals surface area (Å²) in [5.41, 5.74) is 6.92. The van der Waals surface area contributed by atoms with E-state index >= 15 is 0 Å². The number of hydrogen-bond acceptors (Lipinski definition) is 4. The Morgan fingerprint density at radius 3 is 2.22 bits per heavy atom. The van der Waals surface area contributed by atoms with Crippen molar-refractivity contribution in [3.63, 3.8) is 0 Å². The van der Waals surface area contributed by atoms with E-state index in [1.807, 2.05) is 24.3 Å². The van der Waals surface area contributed by atoms with Crippen LogP contribution in [0.5, 0.6) is 11.5 Å². The minimum absolute atomic E-state index is 0.0956. The van der Waals surface area contributed by atoms with E-state index in [0.29, 0.717) is 28.0 Å². The Labute approximate surface area is 140 Å². The number of carbonyl (C=O) groups is 1. The maximum absolute atomic E-state index is 11.0. The third-order valence-electron chi connectivity index (χ3n) is 3.24. The fourth-order valence-corrected chi connectivity index (χ4v) is 2.18. The highest BCUT2D eigenvalue weighted by molar-refractivity contribution is 6.30. The largest absolute Gasteiger partial charge is 0.457 e. The van der Waals surface area contributed by atoms with Crippen molar-refractivity contribution >= 4 is 17.5 Å². The number of halogens is 1. The third-order valence-corrected chi connectivity index (χ3v) is 3.49. The van der Waals surface area contributed by atoms with Crippen molar-refractivity contribution in [1.82, 2.24) is 5.06 Å². The molecule has 2 rings (SSSR count). The predicted octanol–water partition coefficient (Wildman–Crippen LogP) is 3.24. The van der Waals surface area contributed by atoms with Crippen molar-refractivity contribution in [1.29, 1.82) is 0 Å². The zero-order valence-electron chi connectivity index (χ0n) is 12.8. The quantitative estimate of drug-likeness (QED) is 0.628. The summed E-state index contributed by atoms with van der Waals surface area (Å²) in [6.07, 6.45) is 0.547. The lowest BCUT2D eigenvalue weighted by Crippen LogP contribution is -2.39. The molecule has 0 aromatic heterocycles. The molecule has 0 spiro atoms. The number of carbonyl (C=O) groups excluding carboxylic acids is 1. The molecule has 0 saturated heterocycles. The Morgan fingerprint density at radius 2 is 1.70 bits per heavy atom. The van der Waals surface area contributed by atoms with E-state index in [1.54, 1.807) is 24.3 Å². The fourth-order valence-electron chi connectivity index (χ4n) is 2.05. The molecule has 2 aromatic carbocycles. The summed E-state index contributed by atoms with van der Waals surface area (Å²) in [5.74, 6) is 0.987. The lowest BCUT2D eigenvalue weighted by atomic mass is 10.1. The molecule has 0 aliphatic carbocycles. The lowest BCUT2D eigenvalue weighted by molar-refractivity contribution is -0.163. The molecule has 1 atom stereocenters. The number of rotatable bonds is 6. The Bertz CT molecular complexity index is 644. The van der Waals surface area contributed by atoms with Gasteiger partial charge in [-0.1, -0.05) is 23.7 Å². The van der Waals surface area contributed by atoms with E-state index in [9.17, 15) is 10.0 Å². The average molecular weight is 335 g/mol. The second-order valence-electron chi connectivity index (χ2n) is 5.27. The topological polar surface area (TPSA) is 75.8 Å². The van der Waals surface area contributed by atoms with Crippen LogP contribution in [-0.4, -0.2) is 28.8 Å². The second-order valence-corrected chi connectivity index (χ2v) is 5.70. The number of nitrogens with zero attached hydrogens (tertiary/aromatic N) is 1. The SMILES string of the molecule is CC(=O)N(O)C[C@@H](N)Cc1ccc(Oc2ccc(Cl)cc2)cc1. The smallest absolute Gasteiger partial charge is 0.242 e. The van der Waals surface area contributed by atoms with E-state index < -0.39 is 5.91 Å². The molecule has 23 heavy (non-hydrogen) atoms. The highest BCUT2D eigenvalue weighted by Gasteiger charge is 2.11. The van der Waals surface area contributed by atoms with Crippen LogP contribution < -0.4 is 10.5 Å². The maximum Gasteiger partial charge on any atom is 0.242 e. The number of hydroxylamine groups is 2. The molecule has 6 heteroatoms. The molecule has 0 fully saturated rings. The molecular weight excluding hydrogens is 316 g/mol. The van der Waals surface area contributed by atoms with Crippen molar-refractivity contribution < 1.29 is 14.7 Å². The maximum atomic E-state index is 11.0. The van der Waals surface area contributed by atoms with E-state index in [2.05, 4.69) is 0 Å². The number of amides is 1. The fraction of sp³-hybridized carbons (Fsp3) is 0.235. The molecule has 122 valence electrons. The van der Waals surface area contributed by atoms with Crippen LogP contribution in [0, 0.1) is 0 Å². The van der Waals surface area contributed by atoms with Gasteiger partial charge in [0.1, 0.15) is 11.5 Å². The van der Waals surface area contributed by atoms with Gasteiger partial charge >= 0.3 is 0 Å². The molecule has 0 unspecified atom stereocenters. The average Bonchev–Trinajstić information content (AvgIpc) is 2.51. The van der Waals surface area contributed by atoms with Crippen LogP contribution in [0.3, 0.4) is 0 Å². The molecule has 0 saturated carbocycles. The molecule has 0 aliphatic rings. The van der Waals surface area contributed by atoms with Crippen LogP contribution in [0.2, 0.25) is 5.02 Å². The highest BCUT2D eigenvalue weighted by atomic mass is 35.5. The van der Waals surface area contributed by atoms with Gasteiger partial charge in [0.05, 0.1) is 6.54 Å². The first-order chi connectivity index (χ1) is 10.9. The zero-order valence-corrected chi connectivity index (χ0v) is 13.5.